The fourth-order valence-electron chi connectivity index (χ4n) is 3.94. The third-order valence-corrected chi connectivity index (χ3v) is 5.14. The molecule has 1 aromatic carbocycles. The van der Waals surface area contributed by atoms with Gasteiger partial charge in [0, 0.05) is 12.1 Å². The number of nitrogens with one attached hydrogen (secondary N) is 1. The number of imidazole rings is 1. The maximum absolute atomic E-state index is 6.06. The molecule has 3 nitrogen and oxygen atoms in total. The zero-order valence-corrected chi connectivity index (χ0v) is 11.8. The van der Waals surface area contributed by atoms with Gasteiger partial charge in [0.05, 0.1) is 17.1 Å². The summed E-state index contributed by atoms with van der Waals surface area (Å²) in [5.41, 5.74) is 2.18. The molecule has 1 saturated heterocycles. The molecule has 4 rings (SSSR count). The van der Waals surface area contributed by atoms with Gasteiger partial charge in [-0.1, -0.05) is 18.0 Å². The SMILES string of the molecule is Cn1c(C2NCC3CCCC32)nc2cc(Cl)ccc21. The van der Waals surface area contributed by atoms with E-state index in [0.29, 0.717) is 6.04 Å². The van der Waals surface area contributed by atoms with E-state index in [4.69, 9.17) is 16.6 Å². The Morgan fingerprint density at radius 3 is 3.16 bits per heavy atom. The van der Waals surface area contributed by atoms with Crippen molar-refractivity contribution in [2.75, 3.05) is 6.54 Å². The monoisotopic (exact) mass is 275 g/mol. The Hall–Kier alpha value is -1.06. The molecule has 3 atom stereocenters. The number of benzene rings is 1. The summed E-state index contributed by atoms with van der Waals surface area (Å²) in [6.45, 7) is 1.15. The maximum atomic E-state index is 6.06. The third kappa shape index (κ3) is 1.72. The van der Waals surface area contributed by atoms with Crippen molar-refractivity contribution in [3.05, 3.63) is 29.0 Å². The van der Waals surface area contributed by atoms with E-state index in [1.54, 1.807) is 0 Å². The molecule has 0 spiro atoms. The predicted molar refractivity (Wildman–Crippen MR) is 77.3 cm³/mol. The first-order valence-corrected chi connectivity index (χ1v) is 7.47. The van der Waals surface area contributed by atoms with Gasteiger partial charge in [-0.15, -0.1) is 0 Å². The van der Waals surface area contributed by atoms with Crippen LogP contribution < -0.4 is 5.32 Å². The van der Waals surface area contributed by atoms with E-state index in [9.17, 15) is 0 Å². The second kappa shape index (κ2) is 4.22. The number of aryl methyl sites for hydroxylation is 1. The van der Waals surface area contributed by atoms with Crippen LogP contribution in [0.1, 0.15) is 31.1 Å². The molecule has 1 aliphatic carbocycles. The largest absolute Gasteiger partial charge is 0.330 e. The Bertz CT molecular complexity index is 634. The highest BCUT2D eigenvalue weighted by atomic mass is 35.5. The summed E-state index contributed by atoms with van der Waals surface area (Å²) in [6.07, 6.45) is 4.10. The molecule has 2 heterocycles. The van der Waals surface area contributed by atoms with Gasteiger partial charge in [0.25, 0.3) is 0 Å². The minimum Gasteiger partial charge on any atom is -0.330 e. The Morgan fingerprint density at radius 2 is 2.26 bits per heavy atom. The van der Waals surface area contributed by atoms with Crippen LogP contribution in [0, 0.1) is 11.8 Å². The average molecular weight is 276 g/mol. The summed E-state index contributed by atoms with van der Waals surface area (Å²) < 4.78 is 2.23. The van der Waals surface area contributed by atoms with Gasteiger partial charge in [0.1, 0.15) is 5.82 Å². The van der Waals surface area contributed by atoms with Gasteiger partial charge >= 0.3 is 0 Å². The molecule has 4 heteroatoms. The second-order valence-electron chi connectivity index (χ2n) is 5.90. The molecular formula is C15H18ClN3. The maximum Gasteiger partial charge on any atom is 0.127 e. The number of hydrogen-bond acceptors (Lipinski definition) is 2. The summed E-state index contributed by atoms with van der Waals surface area (Å²) in [5, 5.41) is 4.43. The number of aromatic nitrogens is 2. The lowest BCUT2D eigenvalue weighted by Gasteiger charge is -2.17. The van der Waals surface area contributed by atoms with Crippen LogP contribution in [0.4, 0.5) is 0 Å². The van der Waals surface area contributed by atoms with Crippen LogP contribution in [0.15, 0.2) is 18.2 Å². The quantitative estimate of drug-likeness (QED) is 0.866. The highest BCUT2D eigenvalue weighted by Gasteiger charge is 2.41. The van der Waals surface area contributed by atoms with Gasteiger partial charge in [-0.05, 0) is 49.4 Å². The zero-order chi connectivity index (χ0) is 13.0. The minimum absolute atomic E-state index is 0.420. The summed E-state index contributed by atoms with van der Waals surface area (Å²) >= 11 is 6.06. The van der Waals surface area contributed by atoms with E-state index >= 15 is 0 Å². The predicted octanol–water partition coefficient (Wildman–Crippen LogP) is 3.29. The first-order valence-electron chi connectivity index (χ1n) is 7.09. The molecule has 1 N–H and O–H groups in total. The van der Waals surface area contributed by atoms with Crippen molar-refractivity contribution in [1.29, 1.82) is 0 Å². The lowest BCUT2D eigenvalue weighted by Crippen LogP contribution is -2.21. The van der Waals surface area contributed by atoms with E-state index < -0.39 is 0 Å². The molecule has 19 heavy (non-hydrogen) atoms. The minimum atomic E-state index is 0.420. The molecule has 1 aromatic heterocycles. The van der Waals surface area contributed by atoms with Crippen LogP contribution in [-0.2, 0) is 7.05 Å². The van der Waals surface area contributed by atoms with Crippen molar-refractivity contribution in [3.63, 3.8) is 0 Å². The van der Waals surface area contributed by atoms with E-state index in [0.717, 1.165) is 28.9 Å². The average Bonchev–Trinajstić information content (AvgIpc) is 3.04. The number of hydrogen-bond donors (Lipinski definition) is 1. The molecule has 2 aromatic rings. The normalized spacial score (nSPS) is 30.1. The van der Waals surface area contributed by atoms with Gasteiger partial charge in [0.15, 0.2) is 0 Å². The Kier molecular flexibility index (Phi) is 2.61. The highest BCUT2D eigenvalue weighted by molar-refractivity contribution is 6.31. The van der Waals surface area contributed by atoms with Crippen molar-refractivity contribution in [1.82, 2.24) is 14.9 Å². The first-order chi connectivity index (χ1) is 9.24. The molecular weight excluding hydrogens is 258 g/mol. The van der Waals surface area contributed by atoms with Gasteiger partial charge in [-0.25, -0.2) is 4.98 Å². The van der Waals surface area contributed by atoms with Crippen molar-refractivity contribution in [2.24, 2.45) is 18.9 Å². The molecule has 3 unspecified atom stereocenters. The zero-order valence-electron chi connectivity index (χ0n) is 11.1. The van der Waals surface area contributed by atoms with Crippen LogP contribution in [0.2, 0.25) is 5.02 Å². The Morgan fingerprint density at radius 1 is 1.37 bits per heavy atom. The Labute approximate surface area is 118 Å². The van der Waals surface area contributed by atoms with Gasteiger partial charge in [-0.2, -0.15) is 0 Å². The van der Waals surface area contributed by atoms with Gasteiger partial charge in [-0.3, -0.25) is 0 Å². The third-order valence-electron chi connectivity index (χ3n) is 4.90. The Balaban J connectivity index is 1.80. The fraction of sp³-hybridized carbons (Fsp3) is 0.533. The summed E-state index contributed by atoms with van der Waals surface area (Å²) in [5.74, 6) is 2.80. The van der Waals surface area contributed by atoms with Crippen molar-refractivity contribution in [3.8, 4) is 0 Å². The van der Waals surface area contributed by atoms with Crippen molar-refractivity contribution < 1.29 is 0 Å². The number of rotatable bonds is 1. The van der Waals surface area contributed by atoms with Crippen molar-refractivity contribution >= 4 is 22.6 Å². The lowest BCUT2D eigenvalue weighted by atomic mass is 9.94. The molecule has 0 radical (unpaired) electrons. The molecule has 0 amide bonds. The fourth-order valence-corrected chi connectivity index (χ4v) is 4.11. The van der Waals surface area contributed by atoms with Crippen LogP contribution in [-0.4, -0.2) is 16.1 Å². The molecule has 1 saturated carbocycles. The molecule has 100 valence electrons. The standard InChI is InChI=1S/C15H18ClN3/c1-19-13-6-5-10(16)7-12(13)18-15(19)14-11-4-2-3-9(11)8-17-14/h5-7,9,11,14,17H,2-4,8H2,1H3. The van der Waals surface area contributed by atoms with Crippen LogP contribution in [0.5, 0.6) is 0 Å². The van der Waals surface area contributed by atoms with Crippen LogP contribution in [0.25, 0.3) is 11.0 Å². The first kappa shape index (κ1) is 11.7. The molecule has 2 aliphatic rings. The molecule has 2 fully saturated rings. The van der Waals surface area contributed by atoms with E-state index in [1.807, 2.05) is 12.1 Å². The van der Waals surface area contributed by atoms with Gasteiger partial charge in [0.2, 0.25) is 0 Å². The number of fused-ring (bicyclic) bond motifs is 2. The van der Waals surface area contributed by atoms with Crippen LogP contribution in [0.3, 0.4) is 0 Å². The number of nitrogens with zero attached hydrogens (tertiary/aromatic N) is 2. The van der Waals surface area contributed by atoms with E-state index in [2.05, 4.69) is 23.0 Å². The lowest BCUT2D eigenvalue weighted by molar-refractivity contribution is 0.402. The van der Waals surface area contributed by atoms with Crippen molar-refractivity contribution in [2.45, 2.75) is 25.3 Å². The second-order valence-corrected chi connectivity index (χ2v) is 6.34. The van der Waals surface area contributed by atoms with E-state index in [1.165, 1.54) is 30.6 Å². The van der Waals surface area contributed by atoms with E-state index in [-0.39, 0.29) is 0 Å². The smallest absolute Gasteiger partial charge is 0.127 e. The van der Waals surface area contributed by atoms with Gasteiger partial charge < -0.3 is 9.88 Å². The van der Waals surface area contributed by atoms with Crippen LogP contribution >= 0.6 is 11.6 Å². The molecule has 0 bridgehead atoms. The summed E-state index contributed by atoms with van der Waals surface area (Å²) in [6, 6.07) is 6.38. The number of halogens is 1. The summed E-state index contributed by atoms with van der Waals surface area (Å²) in [7, 11) is 2.11. The summed E-state index contributed by atoms with van der Waals surface area (Å²) in [4.78, 5) is 4.83. The molecule has 1 aliphatic heterocycles. The highest BCUT2D eigenvalue weighted by Crippen LogP contribution is 2.44. The topological polar surface area (TPSA) is 29.9 Å².